The summed E-state index contributed by atoms with van der Waals surface area (Å²) in [7, 11) is 0. The van der Waals surface area contributed by atoms with Gasteiger partial charge in [0.1, 0.15) is 34.8 Å². The highest BCUT2D eigenvalue weighted by Crippen LogP contribution is 2.39. The van der Waals surface area contributed by atoms with Gasteiger partial charge in [0, 0.05) is 60.8 Å². The zero-order valence-corrected chi connectivity index (χ0v) is 38.3. The van der Waals surface area contributed by atoms with Gasteiger partial charge < -0.3 is 25.5 Å². The van der Waals surface area contributed by atoms with Crippen LogP contribution in [0.15, 0.2) is 61.3 Å². The van der Waals surface area contributed by atoms with Crippen molar-refractivity contribution < 1.29 is 28.7 Å². The Balaban J connectivity index is 0.00000198. The van der Waals surface area contributed by atoms with E-state index in [1.54, 1.807) is 10.7 Å². The molecular formula is C49H59FN12O5. The second-order valence-electron chi connectivity index (χ2n) is 18.6. The van der Waals surface area contributed by atoms with E-state index in [0.29, 0.717) is 40.6 Å². The molecule has 0 spiro atoms. The Bertz CT molecular complexity index is 2620. The van der Waals surface area contributed by atoms with Gasteiger partial charge in [-0.3, -0.25) is 29.2 Å². The SMILES string of the molecule is CCC1(C(=O)NC(C)C)CCN(c2ccc(-c3nc(-c4cnn(C5CCC(N6CCC(c7ccc(N[C@H]8CCC(=O)NC8=O)cc7F)CC6)CC5)c4)cn4ncc(C#N)c34)cn2)CC1.O=CO. The molecule has 3 aliphatic heterocycles. The number of nitriles is 1. The average molecular weight is 915 g/mol. The number of benzene rings is 1. The number of piperidine rings is 3. The van der Waals surface area contributed by atoms with Crippen LogP contribution >= 0.6 is 0 Å². The maximum absolute atomic E-state index is 15.4. The summed E-state index contributed by atoms with van der Waals surface area (Å²) in [5.41, 5.74) is 4.94. The lowest BCUT2D eigenvalue weighted by atomic mass is 9.75. The zero-order chi connectivity index (χ0) is 47.2. The lowest BCUT2D eigenvalue weighted by Crippen LogP contribution is -2.50. The van der Waals surface area contributed by atoms with Gasteiger partial charge in [0.25, 0.3) is 6.47 Å². The summed E-state index contributed by atoms with van der Waals surface area (Å²) >= 11 is 0. The van der Waals surface area contributed by atoms with Gasteiger partial charge in [-0.2, -0.15) is 15.5 Å². The molecule has 352 valence electrons. The molecule has 1 aliphatic carbocycles. The van der Waals surface area contributed by atoms with Gasteiger partial charge in [0.2, 0.25) is 17.7 Å². The van der Waals surface area contributed by atoms with Crippen molar-refractivity contribution in [1.82, 2.24) is 44.9 Å². The molecular weight excluding hydrogens is 856 g/mol. The molecule has 4 aromatic heterocycles. The number of fused-ring (bicyclic) bond motifs is 1. The molecule has 3 saturated heterocycles. The quantitative estimate of drug-likeness (QED) is 0.0827. The number of imide groups is 1. The molecule has 1 saturated carbocycles. The number of likely N-dealkylation sites (tertiary alicyclic amines) is 1. The second-order valence-corrected chi connectivity index (χ2v) is 18.6. The van der Waals surface area contributed by atoms with E-state index in [1.807, 2.05) is 56.7 Å². The van der Waals surface area contributed by atoms with Crippen LogP contribution < -0.4 is 20.9 Å². The summed E-state index contributed by atoms with van der Waals surface area (Å²) < 4.78 is 19.2. The monoisotopic (exact) mass is 914 g/mol. The smallest absolute Gasteiger partial charge is 0.290 e. The van der Waals surface area contributed by atoms with Crippen molar-refractivity contribution in [3.63, 3.8) is 0 Å². The number of hydrogen-bond donors (Lipinski definition) is 4. The van der Waals surface area contributed by atoms with Crippen molar-refractivity contribution in [3.8, 4) is 28.6 Å². The maximum Gasteiger partial charge on any atom is 0.290 e. The fourth-order valence-electron chi connectivity index (χ4n) is 10.4. The molecule has 5 aromatic rings. The highest BCUT2D eigenvalue weighted by molar-refractivity contribution is 6.01. The maximum atomic E-state index is 15.4. The van der Waals surface area contributed by atoms with Crippen molar-refractivity contribution in [2.24, 2.45) is 5.41 Å². The fraction of sp³-hybridized carbons (Fsp3) is 0.490. The first-order chi connectivity index (χ1) is 32.4. The molecule has 17 nitrogen and oxygen atoms in total. The summed E-state index contributed by atoms with van der Waals surface area (Å²) in [6, 6.07) is 11.7. The first-order valence-corrected chi connectivity index (χ1v) is 23.5. The third kappa shape index (κ3) is 10.2. The van der Waals surface area contributed by atoms with Crippen molar-refractivity contribution in [1.29, 1.82) is 5.26 Å². The molecule has 1 atom stereocenters. The van der Waals surface area contributed by atoms with Gasteiger partial charge in [-0.15, -0.1) is 0 Å². The summed E-state index contributed by atoms with van der Waals surface area (Å²) in [4.78, 5) is 59.9. The molecule has 4 N–H and O–H groups in total. The van der Waals surface area contributed by atoms with E-state index in [2.05, 4.69) is 54.7 Å². The van der Waals surface area contributed by atoms with Crippen LogP contribution in [-0.4, -0.2) is 108 Å². The number of hydrogen-bond acceptors (Lipinski definition) is 12. The van der Waals surface area contributed by atoms with Crippen LogP contribution in [0.4, 0.5) is 15.9 Å². The third-order valence-corrected chi connectivity index (χ3v) is 14.3. The van der Waals surface area contributed by atoms with Crippen molar-refractivity contribution in [2.75, 3.05) is 36.4 Å². The minimum Gasteiger partial charge on any atom is -0.483 e. The Morgan fingerprint density at radius 2 is 1.70 bits per heavy atom. The standard InChI is InChI=1S/C48H57FN12O3.CH2O2/c1-4-48(47(64)54-30(2)3)17-21-59(22-18-48)42-13-5-32(25-51-42)44-45-33(24-50)26-53-61(45)29-41(56-44)34-27-52-60(28-34)37-9-7-36(8-10-37)58-19-15-31(16-20-58)38-11-6-35(23-39(38)49)55-40-12-14-43(62)57-46(40)63;2-1-3/h5-6,11,13,23,25-31,36-37,40,55H,4,7-10,12,14-22H2,1-3H3,(H,54,64)(H,57,62,63);1H,(H,2,3)/t36?,37?,40-;/m0./s1. The first kappa shape index (κ1) is 46.8. The molecule has 1 aromatic carbocycles. The highest BCUT2D eigenvalue weighted by atomic mass is 19.1. The number of aromatic nitrogens is 6. The molecule has 9 rings (SSSR count). The third-order valence-electron chi connectivity index (χ3n) is 14.3. The molecule has 0 bridgehead atoms. The number of carbonyl (C=O) groups excluding carboxylic acids is 3. The summed E-state index contributed by atoms with van der Waals surface area (Å²) in [6.45, 7) is 9.18. The van der Waals surface area contributed by atoms with Gasteiger partial charge in [-0.1, -0.05) is 13.0 Å². The van der Waals surface area contributed by atoms with E-state index < -0.39 is 6.04 Å². The van der Waals surface area contributed by atoms with Crippen molar-refractivity contribution in [3.05, 3.63) is 78.3 Å². The molecule has 7 heterocycles. The van der Waals surface area contributed by atoms with E-state index in [1.165, 1.54) is 6.07 Å². The van der Waals surface area contributed by atoms with Crippen LogP contribution in [-0.2, 0) is 19.2 Å². The predicted molar refractivity (Wildman–Crippen MR) is 249 cm³/mol. The van der Waals surface area contributed by atoms with E-state index in [0.717, 1.165) is 106 Å². The number of nitrogens with zero attached hydrogens (tertiary/aromatic N) is 9. The molecule has 4 aliphatic rings. The first-order valence-electron chi connectivity index (χ1n) is 23.5. The number of rotatable bonds is 11. The van der Waals surface area contributed by atoms with Crippen LogP contribution in [0.3, 0.4) is 0 Å². The van der Waals surface area contributed by atoms with E-state index >= 15 is 4.39 Å². The summed E-state index contributed by atoms with van der Waals surface area (Å²) in [5, 5.41) is 34.8. The Morgan fingerprint density at radius 3 is 2.34 bits per heavy atom. The lowest BCUT2D eigenvalue weighted by molar-refractivity contribution is -0.134. The normalized spacial score (nSPS) is 21.3. The molecule has 3 amide bonds. The van der Waals surface area contributed by atoms with Crippen LogP contribution in [0.5, 0.6) is 0 Å². The Labute approximate surface area is 389 Å². The van der Waals surface area contributed by atoms with Crippen LogP contribution in [0.2, 0.25) is 0 Å². The summed E-state index contributed by atoms with van der Waals surface area (Å²) in [6.07, 6.45) is 18.1. The molecule has 4 fully saturated rings. The largest absolute Gasteiger partial charge is 0.483 e. The van der Waals surface area contributed by atoms with Crippen molar-refractivity contribution in [2.45, 2.75) is 121 Å². The van der Waals surface area contributed by atoms with E-state index in [9.17, 15) is 19.6 Å². The van der Waals surface area contributed by atoms with E-state index in [-0.39, 0.29) is 59.8 Å². The van der Waals surface area contributed by atoms with Crippen molar-refractivity contribution >= 4 is 41.2 Å². The Hall–Kier alpha value is -6.74. The number of anilines is 2. The number of carbonyl (C=O) groups is 4. The van der Waals surface area contributed by atoms with Crippen LogP contribution in [0.1, 0.15) is 114 Å². The molecule has 18 heteroatoms. The van der Waals surface area contributed by atoms with E-state index in [4.69, 9.17) is 25.0 Å². The van der Waals surface area contributed by atoms with Gasteiger partial charge in [-0.05, 0) is 127 Å². The number of amides is 3. The number of halogens is 1. The number of pyridine rings is 1. The Morgan fingerprint density at radius 1 is 0.970 bits per heavy atom. The number of carboxylic acid groups (broad SMARTS) is 1. The lowest BCUT2D eigenvalue weighted by Gasteiger charge is -2.41. The van der Waals surface area contributed by atoms with Crippen LogP contribution in [0.25, 0.3) is 28.0 Å². The average Bonchev–Trinajstić information content (AvgIpc) is 4.01. The van der Waals surface area contributed by atoms with Gasteiger partial charge in [0.05, 0.1) is 41.4 Å². The fourth-order valence-corrected chi connectivity index (χ4v) is 10.4. The molecule has 0 unspecified atom stereocenters. The predicted octanol–water partition coefficient (Wildman–Crippen LogP) is 6.47. The summed E-state index contributed by atoms with van der Waals surface area (Å²) in [5.74, 6) is 0.229. The minimum atomic E-state index is -0.547. The van der Waals surface area contributed by atoms with Gasteiger partial charge >= 0.3 is 0 Å². The number of nitrogens with one attached hydrogen (secondary N) is 3. The van der Waals surface area contributed by atoms with Gasteiger partial charge in [-0.25, -0.2) is 18.9 Å². The Kier molecular flexibility index (Phi) is 14.3. The van der Waals surface area contributed by atoms with Gasteiger partial charge in [0.15, 0.2) is 0 Å². The van der Waals surface area contributed by atoms with Crippen LogP contribution in [0, 0.1) is 22.6 Å². The topological polar surface area (TPSA) is 216 Å². The zero-order valence-electron chi connectivity index (χ0n) is 38.3. The molecule has 0 radical (unpaired) electrons. The minimum absolute atomic E-state index is 0.108. The molecule has 67 heavy (non-hydrogen) atoms. The second kappa shape index (κ2) is 20.4. The highest BCUT2D eigenvalue weighted by Gasteiger charge is 2.40.